The quantitative estimate of drug-likeness (QED) is 0.906. The van der Waals surface area contributed by atoms with Gasteiger partial charge in [0, 0.05) is 17.9 Å². The highest BCUT2D eigenvalue weighted by Crippen LogP contribution is 2.47. The Morgan fingerprint density at radius 2 is 2.38 bits per heavy atom. The van der Waals surface area contributed by atoms with E-state index in [1.54, 1.807) is 40.9 Å². The largest absolute Gasteiger partial charge is 0.324 e. The van der Waals surface area contributed by atoms with Crippen LogP contribution in [0.3, 0.4) is 0 Å². The van der Waals surface area contributed by atoms with Gasteiger partial charge in [0.2, 0.25) is 11.8 Å². The number of benzene rings is 1. The van der Waals surface area contributed by atoms with Gasteiger partial charge in [-0.25, -0.2) is 0 Å². The summed E-state index contributed by atoms with van der Waals surface area (Å²) in [6, 6.07) is 8.39. The second-order valence-electron chi connectivity index (χ2n) is 5.45. The fourth-order valence-corrected chi connectivity index (χ4v) is 4.34. The molecule has 0 aromatic heterocycles. The summed E-state index contributed by atoms with van der Waals surface area (Å²) in [7, 11) is 0. The van der Waals surface area contributed by atoms with Gasteiger partial charge in [-0.05, 0) is 31.5 Å². The predicted molar refractivity (Wildman–Crippen MR) is 80.5 cm³/mol. The Morgan fingerprint density at radius 3 is 3.14 bits per heavy atom. The summed E-state index contributed by atoms with van der Waals surface area (Å²) < 4.78 is 0. The smallest absolute Gasteiger partial charge is 0.248 e. The lowest BCUT2D eigenvalue weighted by Gasteiger charge is -2.29. The third kappa shape index (κ3) is 2.38. The van der Waals surface area contributed by atoms with E-state index in [1.165, 1.54) is 0 Å². The van der Waals surface area contributed by atoms with Gasteiger partial charge < -0.3 is 10.2 Å². The number of nitrogens with one attached hydrogen (secondary N) is 1. The van der Waals surface area contributed by atoms with E-state index in [0.717, 1.165) is 6.42 Å². The summed E-state index contributed by atoms with van der Waals surface area (Å²) >= 11 is 1.67. The molecule has 2 atom stereocenters. The topological polar surface area (TPSA) is 73.2 Å². The number of thioether (sulfide) groups is 1. The van der Waals surface area contributed by atoms with Crippen molar-refractivity contribution in [1.82, 2.24) is 4.90 Å². The van der Waals surface area contributed by atoms with Crippen molar-refractivity contribution >= 4 is 29.3 Å². The first-order valence-corrected chi connectivity index (χ1v) is 7.79. The van der Waals surface area contributed by atoms with Gasteiger partial charge in [-0.2, -0.15) is 5.26 Å². The van der Waals surface area contributed by atoms with Crippen LogP contribution >= 0.6 is 11.8 Å². The maximum absolute atomic E-state index is 12.4. The van der Waals surface area contributed by atoms with E-state index >= 15 is 0 Å². The van der Waals surface area contributed by atoms with Crippen molar-refractivity contribution in [1.29, 1.82) is 5.26 Å². The maximum atomic E-state index is 12.4. The Hall–Kier alpha value is -2.00. The lowest BCUT2D eigenvalue weighted by Crippen LogP contribution is -2.48. The van der Waals surface area contributed by atoms with Crippen LogP contribution in [-0.2, 0) is 9.59 Å². The number of nitriles is 1. The molecule has 2 saturated heterocycles. The number of carbonyl (C=O) groups is 2. The lowest BCUT2D eigenvalue weighted by atomic mass is 10.2. The van der Waals surface area contributed by atoms with Gasteiger partial charge in [-0.3, -0.25) is 9.59 Å². The van der Waals surface area contributed by atoms with Gasteiger partial charge in [0.15, 0.2) is 0 Å². The molecule has 1 aromatic rings. The molecule has 2 amide bonds. The second-order valence-corrected chi connectivity index (χ2v) is 6.95. The molecule has 5 nitrogen and oxygen atoms in total. The Balaban J connectivity index is 1.77. The fraction of sp³-hybridized carbons (Fsp3) is 0.400. The number of fused-ring (bicyclic) bond motifs is 1. The molecule has 1 N–H and O–H groups in total. The van der Waals surface area contributed by atoms with Crippen molar-refractivity contribution < 1.29 is 9.59 Å². The monoisotopic (exact) mass is 301 g/mol. The highest BCUT2D eigenvalue weighted by Gasteiger charge is 2.52. The normalized spacial score (nSPS) is 27.3. The summed E-state index contributed by atoms with van der Waals surface area (Å²) in [4.78, 5) is 25.9. The predicted octanol–water partition coefficient (Wildman–Crippen LogP) is 1.95. The van der Waals surface area contributed by atoms with Gasteiger partial charge >= 0.3 is 0 Å². The molecule has 2 aliphatic rings. The molecule has 0 aliphatic carbocycles. The van der Waals surface area contributed by atoms with Crippen molar-refractivity contribution in [3.05, 3.63) is 29.8 Å². The van der Waals surface area contributed by atoms with Crippen LogP contribution < -0.4 is 5.32 Å². The van der Waals surface area contributed by atoms with Crippen LogP contribution in [0.1, 0.15) is 25.3 Å². The molecule has 0 saturated carbocycles. The minimum absolute atomic E-state index is 0.0495. The molecule has 0 bridgehead atoms. The number of rotatable bonds is 2. The summed E-state index contributed by atoms with van der Waals surface area (Å²) in [5.74, 6) is 0.483. The highest BCUT2D eigenvalue weighted by molar-refractivity contribution is 8.01. The minimum atomic E-state index is -0.430. The standard InChI is InChI=1S/C15H15N3O2S/c1-15-6-5-13(19)18(15)12(9-21-15)14(20)17-11-4-2-3-10(7-11)8-16/h2-4,7,12H,5-6,9H2,1H3,(H,17,20)/t12-,15+/m1/s1. The van der Waals surface area contributed by atoms with Crippen LogP contribution in [0, 0.1) is 11.3 Å². The zero-order valence-corrected chi connectivity index (χ0v) is 12.4. The number of hydrogen-bond acceptors (Lipinski definition) is 4. The second kappa shape index (κ2) is 5.08. The van der Waals surface area contributed by atoms with Gasteiger partial charge in [0.1, 0.15) is 6.04 Å². The lowest BCUT2D eigenvalue weighted by molar-refractivity contribution is -0.135. The first kappa shape index (κ1) is 14.0. The summed E-state index contributed by atoms with van der Waals surface area (Å²) in [6.45, 7) is 2.02. The van der Waals surface area contributed by atoms with E-state index in [9.17, 15) is 9.59 Å². The Labute approximate surface area is 127 Å². The average molecular weight is 301 g/mol. The SMILES string of the molecule is C[C@]12CCC(=O)N1[C@@H](C(=O)Nc1cccc(C#N)c1)CS2. The van der Waals surface area contributed by atoms with Gasteiger partial charge in [0.25, 0.3) is 0 Å². The highest BCUT2D eigenvalue weighted by atomic mass is 32.2. The molecule has 2 fully saturated rings. The fourth-order valence-electron chi connectivity index (χ4n) is 2.91. The molecule has 0 spiro atoms. The summed E-state index contributed by atoms with van der Waals surface area (Å²) in [5, 5.41) is 11.7. The molecule has 6 heteroatoms. The number of anilines is 1. The molecular weight excluding hydrogens is 286 g/mol. The third-order valence-electron chi connectivity index (χ3n) is 4.01. The van der Waals surface area contributed by atoms with Gasteiger partial charge in [0.05, 0.1) is 16.5 Å². The van der Waals surface area contributed by atoms with Crippen LogP contribution in [0.5, 0.6) is 0 Å². The van der Waals surface area contributed by atoms with E-state index in [4.69, 9.17) is 5.26 Å². The average Bonchev–Trinajstić information content (AvgIpc) is 2.96. The van der Waals surface area contributed by atoms with Crippen LogP contribution in [0.4, 0.5) is 5.69 Å². The molecule has 0 unspecified atom stereocenters. The van der Waals surface area contributed by atoms with Crippen molar-refractivity contribution in [3.63, 3.8) is 0 Å². The molecule has 1 aromatic carbocycles. The van der Waals surface area contributed by atoms with Crippen LogP contribution in [-0.4, -0.2) is 33.4 Å². The van der Waals surface area contributed by atoms with E-state index < -0.39 is 6.04 Å². The number of nitrogens with zero attached hydrogens (tertiary/aromatic N) is 2. The first-order valence-electron chi connectivity index (χ1n) is 6.81. The molecule has 2 heterocycles. The molecule has 3 rings (SSSR count). The molecule has 2 aliphatic heterocycles. The number of amides is 2. The van der Waals surface area contributed by atoms with Crippen molar-refractivity contribution in [2.75, 3.05) is 11.1 Å². The Kier molecular flexibility index (Phi) is 3.38. The number of hydrogen-bond donors (Lipinski definition) is 1. The third-order valence-corrected chi connectivity index (χ3v) is 5.51. The van der Waals surface area contributed by atoms with E-state index in [0.29, 0.717) is 23.4 Å². The number of carbonyl (C=O) groups excluding carboxylic acids is 2. The molecule has 21 heavy (non-hydrogen) atoms. The van der Waals surface area contributed by atoms with Gasteiger partial charge in [-0.1, -0.05) is 6.07 Å². The van der Waals surface area contributed by atoms with Crippen molar-refractivity contribution in [2.24, 2.45) is 0 Å². The van der Waals surface area contributed by atoms with E-state index in [2.05, 4.69) is 5.32 Å². The van der Waals surface area contributed by atoms with E-state index in [1.807, 2.05) is 13.0 Å². The van der Waals surface area contributed by atoms with Crippen LogP contribution in [0.25, 0.3) is 0 Å². The Bertz CT molecular complexity index is 655. The molecule has 0 radical (unpaired) electrons. The first-order chi connectivity index (χ1) is 10.0. The summed E-state index contributed by atoms with van der Waals surface area (Å²) in [5.41, 5.74) is 1.08. The molecular formula is C15H15N3O2S. The zero-order valence-electron chi connectivity index (χ0n) is 11.6. The van der Waals surface area contributed by atoms with E-state index in [-0.39, 0.29) is 16.7 Å². The Morgan fingerprint density at radius 1 is 1.57 bits per heavy atom. The van der Waals surface area contributed by atoms with Crippen molar-refractivity contribution in [3.8, 4) is 6.07 Å². The summed E-state index contributed by atoms with van der Waals surface area (Å²) in [6.07, 6.45) is 1.31. The van der Waals surface area contributed by atoms with Crippen molar-refractivity contribution in [2.45, 2.75) is 30.7 Å². The minimum Gasteiger partial charge on any atom is -0.324 e. The van der Waals surface area contributed by atoms with Crippen LogP contribution in [0.15, 0.2) is 24.3 Å². The zero-order chi connectivity index (χ0) is 15.0. The van der Waals surface area contributed by atoms with Crippen LogP contribution in [0.2, 0.25) is 0 Å². The molecule has 108 valence electrons. The maximum Gasteiger partial charge on any atom is 0.248 e. The van der Waals surface area contributed by atoms with Gasteiger partial charge in [-0.15, -0.1) is 11.8 Å².